The van der Waals surface area contributed by atoms with Gasteiger partial charge < -0.3 is 10.0 Å². The summed E-state index contributed by atoms with van der Waals surface area (Å²) in [5.74, 6) is 6.03. The molecule has 0 spiro atoms. The number of likely N-dealkylation sites (N-methyl/N-ethyl adjacent to an activating group) is 1. The highest BCUT2D eigenvalue weighted by molar-refractivity contribution is 5.36. The van der Waals surface area contributed by atoms with Crippen LogP contribution in [-0.4, -0.2) is 54.2 Å². The molecule has 1 aliphatic rings. The number of hydrogen-bond acceptors (Lipinski definition) is 3. The molecule has 1 aromatic rings. The molecule has 0 unspecified atom stereocenters. The first kappa shape index (κ1) is 16.0. The molecule has 114 valence electrons. The predicted molar refractivity (Wildman–Crippen MR) is 87.0 cm³/mol. The number of rotatable bonds is 4. The molecule has 0 aliphatic carbocycles. The van der Waals surface area contributed by atoms with Crippen molar-refractivity contribution in [3.05, 3.63) is 35.4 Å². The zero-order chi connectivity index (χ0) is 14.9. The largest absolute Gasteiger partial charge is 0.395 e. The number of nitrogens with zero attached hydrogens (tertiary/aromatic N) is 2. The van der Waals surface area contributed by atoms with Crippen LogP contribution in [0.4, 0.5) is 0 Å². The van der Waals surface area contributed by atoms with Crippen molar-refractivity contribution in [2.24, 2.45) is 0 Å². The summed E-state index contributed by atoms with van der Waals surface area (Å²) in [5.41, 5.74) is 2.38. The van der Waals surface area contributed by atoms with Gasteiger partial charge in [-0.05, 0) is 43.8 Å². The van der Waals surface area contributed by atoms with E-state index < -0.39 is 0 Å². The van der Waals surface area contributed by atoms with Gasteiger partial charge in [0, 0.05) is 31.6 Å². The van der Waals surface area contributed by atoms with Crippen LogP contribution in [0.2, 0.25) is 0 Å². The normalized spacial score (nSPS) is 17.0. The average Bonchev–Trinajstić information content (AvgIpc) is 2.74. The molecule has 1 fully saturated rings. The first-order chi connectivity index (χ1) is 10.3. The van der Waals surface area contributed by atoms with E-state index in [0.717, 1.165) is 25.2 Å². The lowest BCUT2D eigenvalue weighted by Gasteiger charge is -2.20. The Bertz CT molecular complexity index is 472. The van der Waals surface area contributed by atoms with E-state index in [4.69, 9.17) is 5.11 Å². The lowest BCUT2D eigenvalue weighted by molar-refractivity contribution is 0.257. The molecule has 1 aromatic carbocycles. The van der Waals surface area contributed by atoms with Crippen LogP contribution in [0, 0.1) is 11.8 Å². The van der Waals surface area contributed by atoms with Crippen molar-refractivity contribution in [2.45, 2.75) is 26.3 Å². The van der Waals surface area contributed by atoms with Gasteiger partial charge in [-0.3, -0.25) is 4.90 Å². The molecule has 0 radical (unpaired) electrons. The average molecular weight is 286 g/mol. The number of aliphatic hydroxyl groups excluding tert-OH is 1. The molecule has 0 bridgehead atoms. The molecule has 0 amide bonds. The van der Waals surface area contributed by atoms with E-state index in [1.807, 2.05) is 0 Å². The Morgan fingerprint density at radius 2 is 1.76 bits per heavy atom. The molecule has 3 heteroatoms. The summed E-state index contributed by atoms with van der Waals surface area (Å²) in [6, 6.07) is 8.50. The summed E-state index contributed by atoms with van der Waals surface area (Å²) in [5, 5.41) is 8.72. The Morgan fingerprint density at radius 3 is 2.48 bits per heavy atom. The summed E-state index contributed by atoms with van der Waals surface area (Å²) in [7, 11) is 0. The van der Waals surface area contributed by atoms with Crippen LogP contribution in [0.3, 0.4) is 0 Å². The molecule has 1 heterocycles. The predicted octanol–water partition coefficient (Wildman–Crippen LogP) is 1.95. The fourth-order valence-electron chi connectivity index (χ4n) is 2.67. The molecule has 1 N–H and O–H groups in total. The van der Waals surface area contributed by atoms with E-state index in [9.17, 15) is 0 Å². The van der Waals surface area contributed by atoms with Gasteiger partial charge >= 0.3 is 0 Å². The molecule has 2 rings (SSSR count). The van der Waals surface area contributed by atoms with Gasteiger partial charge in [-0.15, -0.1) is 0 Å². The summed E-state index contributed by atoms with van der Waals surface area (Å²) >= 11 is 0. The van der Waals surface area contributed by atoms with E-state index in [1.54, 1.807) is 0 Å². The summed E-state index contributed by atoms with van der Waals surface area (Å²) in [6.45, 7) is 9.33. The molecule has 0 saturated carbocycles. The third-order valence-electron chi connectivity index (χ3n) is 3.96. The maximum Gasteiger partial charge on any atom is 0.0540 e. The van der Waals surface area contributed by atoms with Gasteiger partial charge in [0.05, 0.1) is 6.61 Å². The molecular weight excluding hydrogens is 260 g/mol. The van der Waals surface area contributed by atoms with Crippen molar-refractivity contribution in [3.63, 3.8) is 0 Å². The summed E-state index contributed by atoms with van der Waals surface area (Å²) in [6.07, 6.45) is 1.81. The van der Waals surface area contributed by atoms with Crippen molar-refractivity contribution < 1.29 is 5.11 Å². The van der Waals surface area contributed by atoms with Crippen molar-refractivity contribution >= 4 is 0 Å². The Morgan fingerprint density at radius 1 is 1.05 bits per heavy atom. The number of benzene rings is 1. The maximum absolute atomic E-state index is 8.72. The van der Waals surface area contributed by atoms with Gasteiger partial charge in [-0.2, -0.15) is 0 Å². The van der Waals surface area contributed by atoms with Crippen molar-refractivity contribution in [1.29, 1.82) is 0 Å². The SMILES string of the molecule is CCN1CCCN(Cc2ccc(C#CCCO)cc2)CC1. The zero-order valence-electron chi connectivity index (χ0n) is 13.0. The van der Waals surface area contributed by atoms with E-state index in [1.165, 1.54) is 31.6 Å². The lowest BCUT2D eigenvalue weighted by Crippen LogP contribution is -2.30. The number of hydrogen-bond donors (Lipinski definition) is 1. The minimum absolute atomic E-state index is 0.134. The van der Waals surface area contributed by atoms with Crippen molar-refractivity contribution in [3.8, 4) is 11.8 Å². The standard InChI is InChI=1S/C18H26N2O/c1-2-19-11-5-12-20(14-13-19)16-18-9-7-17(8-10-18)6-3-4-15-21/h7-10,21H,2,4-5,11-16H2,1H3. The second-order valence-corrected chi connectivity index (χ2v) is 5.54. The highest BCUT2D eigenvalue weighted by Crippen LogP contribution is 2.10. The Balaban J connectivity index is 1.87. The van der Waals surface area contributed by atoms with Crippen LogP contribution in [0.1, 0.15) is 30.9 Å². The van der Waals surface area contributed by atoms with E-state index >= 15 is 0 Å². The monoisotopic (exact) mass is 286 g/mol. The molecular formula is C18H26N2O. The van der Waals surface area contributed by atoms with E-state index in [0.29, 0.717) is 6.42 Å². The maximum atomic E-state index is 8.72. The van der Waals surface area contributed by atoms with Crippen LogP contribution in [-0.2, 0) is 6.54 Å². The fraction of sp³-hybridized carbons (Fsp3) is 0.556. The van der Waals surface area contributed by atoms with Crippen LogP contribution in [0.15, 0.2) is 24.3 Å². The Hall–Kier alpha value is -1.34. The van der Waals surface area contributed by atoms with Gasteiger partial charge in [-0.1, -0.05) is 30.9 Å². The van der Waals surface area contributed by atoms with Crippen LogP contribution < -0.4 is 0 Å². The van der Waals surface area contributed by atoms with Gasteiger partial charge in [0.1, 0.15) is 0 Å². The van der Waals surface area contributed by atoms with Crippen LogP contribution in [0.5, 0.6) is 0 Å². The minimum Gasteiger partial charge on any atom is -0.395 e. The smallest absolute Gasteiger partial charge is 0.0540 e. The first-order valence-electron chi connectivity index (χ1n) is 7.95. The van der Waals surface area contributed by atoms with Crippen LogP contribution >= 0.6 is 0 Å². The highest BCUT2D eigenvalue weighted by Gasteiger charge is 2.13. The first-order valence-corrected chi connectivity index (χ1v) is 7.95. The highest BCUT2D eigenvalue weighted by atomic mass is 16.2. The van der Waals surface area contributed by atoms with Gasteiger partial charge in [0.25, 0.3) is 0 Å². The zero-order valence-corrected chi connectivity index (χ0v) is 13.0. The Kier molecular flexibility index (Phi) is 6.75. The molecule has 1 aliphatic heterocycles. The minimum atomic E-state index is 0.134. The summed E-state index contributed by atoms with van der Waals surface area (Å²) in [4.78, 5) is 5.07. The fourth-order valence-corrected chi connectivity index (χ4v) is 2.67. The van der Waals surface area contributed by atoms with Gasteiger partial charge in [0.15, 0.2) is 0 Å². The Labute approximate surface area is 128 Å². The topological polar surface area (TPSA) is 26.7 Å². The van der Waals surface area contributed by atoms with Gasteiger partial charge in [-0.25, -0.2) is 0 Å². The second kappa shape index (κ2) is 8.84. The van der Waals surface area contributed by atoms with E-state index in [-0.39, 0.29) is 6.61 Å². The third-order valence-corrected chi connectivity index (χ3v) is 3.96. The van der Waals surface area contributed by atoms with Crippen molar-refractivity contribution in [1.82, 2.24) is 9.80 Å². The molecule has 0 aromatic heterocycles. The van der Waals surface area contributed by atoms with E-state index in [2.05, 4.69) is 52.8 Å². The molecule has 21 heavy (non-hydrogen) atoms. The third kappa shape index (κ3) is 5.51. The lowest BCUT2D eigenvalue weighted by atomic mass is 10.1. The van der Waals surface area contributed by atoms with Gasteiger partial charge in [0.2, 0.25) is 0 Å². The number of aliphatic hydroxyl groups is 1. The second-order valence-electron chi connectivity index (χ2n) is 5.54. The van der Waals surface area contributed by atoms with Crippen LogP contribution in [0.25, 0.3) is 0 Å². The molecule has 3 nitrogen and oxygen atoms in total. The molecule has 1 saturated heterocycles. The quantitative estimate of drug-likeness (QED) is 0.857. The summed E-state index contributed by atoms with van der Waals surface area (Å²) < 4.78 is 0. The molecule has 0 atom stereocenters. The van der Waals surface area contributed by atoms with Crippen molar-refractivity contribution in [2.75, 3.05) is 39.3 Å².